The van der Waals surface area contributed by atoms with Crippen LogP contribution in [0.3, 0.4) is 0 Å². The summed E-state index contributed by atoms with van der Waals surface area (Å²) in [6.07, 6.45) is 8.24. The zero-order valence-electron chi connectivity index (χ0n) is 18.2. The predicted molar refractivity (Wildman–Crippen MR) is 128 cm³/mol. The molecule has 3 aromatic heterocycles. The first-order valence-corrected chi connectivity index (χ1v) is 12.0. The van der Waals surface area contributed by atoms with Crippen LogP contribution in [0.2, 0.25) is 0 Å². The van der Waals surface area contributed by atoms with Gasteiger partial charge >= 0.3 is 0 Å². The summed E-state index contributed by atoms with van der Waals surface area (Å²) >= 11 is 1.66. The van der Waals surface area contributed by atoms with Crippen molar-refractivity contribution in [2.24, 2.45) is 7.05 Å². The standard InChI is InChI=1S/C24H25N7S/c1-30-13-16-9-14(8-15(12-25)22(16)29-30)20-6-7-21-23(27-20)32-24(28-21)31(2)19-10-17-4-3-5-18(11-19)26-17/h6-9,13,17-19,26H,3-5,10-11H2,1-2H3. The van der Waals surface area contributed by atoms with Crippen molar-refractivity contribution in [1.82, 2.24) is 25.1 Å². The molecular weight excluding hydrogens is 418 g/mol. The van der Waals surface area contributed by atoms with E-state index < -0.39 is 0 Å². The molecule has 4 aromatic rings. The molecule has 1 N–H and O–H groups in total. The van der Waals surface area contributed by atoms with Gasteiger partial charge in [-0.2, -0.15) is 10.4 Å². The van der Waals surface area contributed by atoms with Gasteiger partial charge in [0.25, 0.3) is 0 Å². The van der Waals surface area contributed by atoms with E-state index in [-0.39, 0.29) is 0 Å². The van der Waals surface area contributed by atoms with Crippen molar-refractivity contribution in [2.45, 2.75) is 50.2 Å². The Morgan fingerprint density at radius 2 is 2.00 bits per heavy atom. The molecule has 2 saturated heterocycles. The Morgan fingerprint density at radius 3 is 2.78 bits per heavy atom. The molecule has 2 bridgehead atoms. The monoisotopic (exact) mass is 443 g/mol. The zero-order valence-corrected chi connectivity index (χ0v) is 19.1. The maximum Gasteiger partial charge on any atom is 0.187 e. The van der Waals surface area contributed by atoms with E-state index in [0.29, 0.717) is 23.7 Å². The van der Waals surface area contributed by atoms with Crippen LogP contribution in [0.15, 0.2) is 30.5 Å². The van der Waals surface area contributed by atoms with Crippen molar-refractivity contribution in [3.8, 4) is 17.3 Å². The number of anilines is 1. The number of nitrogens with one attached hydrogen (secondary N) is 1. The van der Waals surface area contributed by atoms with Crippen LogP contribution in [0.4, 0.5) is 5.13 Å². The maximum absolute atomic E-state index is 9.60. The highest BCUT2D eigenvalue weighted by Crippen LogP contribution is 2.35. The quantitative estimate of drug-likeness (QED) is 0.510. The van der Waals surface area contributed by atoms with Gasteiger partial charge in [-0.05, 0) is 49.9 Å². The average molecular weight is 444 g/mol. The molecule has 2 unspecified atom stereocenters. The highest BCUT2D eigenvalue weighted by atomic mass is 32.1. The minimum absolute atomic E-state index is 0.526. The number of nitrogens with zero attached hydrogens (tertiary/aromatic N) is 6. The van der Waals surface area contributed by atoms with Crippen molar-refractivity contribution in [2.75, 3.05) is 11.9 Å². The van der Waals surface area contributed by atoms with Gasteiger partial charge in [0.15, 0.2) is 5.13 Å². The number of hydrogen-bond acceptors (Lipinski definition) is 7. The topological polar surface area (TPSA) is 82.7 Å². The van der Waals surface area contributed by atoms with Gasteiger partial charge in [-0.3, -0.25) is 4.68 Å². The summed E-state index contributed by atoms with van der Waals surface area (Å²) in [7, 11) is 4.05. The molecule has 0 spiro atoms. The lowest BCUT2D eigenvalue weighted by atomic mass is 9.83. The number of aromatic nitrogens is 4. The van der Waals surface area contributed by atoms with E-state index in [2.05, 4.69) is 34.5 Å². The van der Waals surface area contributed by atoms with Crippen molar-refractivity contribution in [3.63, 3.8) is 0 Å². The second-order valence-electron chi connectivity index (χ2n) is 9.12. The SMILES string of the molecule is CN(c1nc2ccc(-c3cc(C#N)c4nn(C)cc4c3)nc2s1)C1CC2CCCC(C1)N2. The molecule has 2 fully saturated rings. The Kier molecular flexibility index (Phi) is 4.63. The molecule has 2 aliphatic rings. The van der Waals surface area contributed by atoms with E-state index in [1.54, 1.807) is 16.0 Å². The first kappa shape index (κ1) is 19.6. The number of thiazole rings is 1. The van der Waals surface area contributed by atoms with Crippen molar-refractivity contribution >= 4 is 37.7 Å². The number of pyridine rings is 1. The van der Waals surface area contributed by atoms with Gasteiger partial charge in [0.2, 0.25) is 0 Å². The number of hydrogen-bond donors (Lipinski definition) is 1. The number of benzene rings is 1. The normalized spacial score (nSPS) is 22.8. The molecule has 0 saturated carbocycles. The van der Waals surface area contributed by atoms with Crippen LogP contribution in [0.25, 0.3) is 32.5 Å². The summed E-state index contributed by atoms with van der Waals surface area (Å²) in [5, 5.41) is 19.8. The summed E-state index contributed by atoms with van der Waals surface area (Å²) < 4.78 is 1.74. The smallest absolute Gasteiger partial charge is 0.187 e. The molecule has 6 rings (SSSR count). The molecule has 5 heterocycles. The third kappa shape index (κ3) is 3.33. The Hall–Kier alpha value is -3.02. The molecule has 7 nitrogen and oxygen atoms in total. The molecule has 0 radical (unpaired) electrons. The number of nitriles is 1. The van der Waals surface area contributed by atoms with Gasteiger partial charge in [-0.1, -0.05) is 17.8 Å². The highest BCUT2D eigenvalue weighted by Gasteiger charge is 2.33. The van der Waals surface area contributed by atoms with Crippen LogP contribution >= 0.6 is 11.3 Å². The lowest BCUT2D eigenvalue weighted by Gasteiger charge is -2.43. The van der Waals surface area contributed by atoms with E-state index in [4.69, 9.17) is 9.97 Å². The fourth-order valence-electron chi connectivity index (χ4n) is 5.31. The van der Waals surface area contributed by atoms with E-state index in [0.717, 1.165) is 37.6 Å². The van der Waals surface area contributed by atoms with Gasteiger partial charge in [0.1, 0.15) is 21.9 Å². The highest BCUT2D eigenvalue weighted by molar-refractivity contribution is 7.21. The second-order valence-corrected chi connectivity index (χ2v) is 10.1. The van der Waals surface area contributed by atoms with Crippen LogP contribution in [0.1, 0.15) is 37.7 Å². The van der Waals surface area contributed by atoms with Crippen molar-refractivity contribution < 1.29 is 0 Å². The third-order valence-electron chi connectivity index (χ3n) is 6.92. The summed E-state index contributed by atoms with van der Waals surface area (Å²) in [4.78, 5) is 13.1. The van der Waals surface area contributed by atoms with Gasteiger partial charge < -0.3 is 10.2 Å². The lowest BCUT2D eigenvalue weighted by Crippen LogP contribution is -2.54. The van der Waals surface area contributed by atoms with Crippen LogP contribution in [0, 0.1) is 11.3 Å². The molecular formula is C24H25N7S. The largest absolute Gasteiger partial charge is 0.348 e. The predicted octanol–water partition coefficient (Wildman–Crippen LogP) is 4.23. The average Bonchev–Trinajstić information content (AvgIpc) is 3.39. The molecule has 2 aliphatic heterocycles. The van der Waals surface area contributed by atoms with Crippen molar-refractivity contribution in [3.05, 3.63) is 36.0 Å². The number of piperidine rings is 2. The van der Waals surface area contributed by atoms with Gasteiger partial charge in [0.05, 0.1) is 11.3 Å². The fraction of sp³-hybridized carbons (Fsp3) is 0.417. The summed E-state index contributed by atoms with van der Waals surface area (Å²) in [5.74, 6) is 0. The van der Waals surface area contributed by atoms with Crippen LogP contribution < -0.4 is 10.2 Å². The lowest BCUT2D eigenvalue weighted by molar-refractivity contribution is 0.219. The zero-order chi connectivity index (χ0) is 21.8. The molecule has 8 heteroatoms. The Balaban J connectivity index is 1.33. The first-order chi connectivity index (χ1) is 15.6. The summed E-state index contributed by atoms with van der Waals surface area (Å²) in [5.41, 5.74) is 4.01. The first-order valence-electron chi connectivity index (χ1n) is 11.2. The fourth-order valence-corrected chi connectivity index (χ4v) is 6.29. The summed E-state index contributed by atoms with van der Waals surface area (Å²) in [6.45, 7) is 0. The van der Waals surface area contributed by atoms with E-state index in [1.165, 1.54) is 32.1 Å². The van der Waals surface area contributed by atoms with E-state index in [9.17, 15) is 5.26 Å². The maximum atomic E-state index is 9.60. The second kappa shape index (κ2) is 7.54. The Labute approximate surface area is 190 Å². The number of aryl methyl sites for hydroxylation is 1. The van der Waals surface area contributed by atoms with Crippen LogP contribution in [0.5, 0.6) is 0 Å². The Morgan fingerprint density at radius 1 is 1.19 bits per heavy atom. The number of fused-ring (bicyclic) bond motifs is 4. The molecule has 162 valence electrons. The summed E-state index contributed by atoms with van der Waals surface area (Å²) in [6, 6.07) is 12.1. The van der Waals surface area contributed by atoms with E-state index >= 15 is 0 Å². The molecule has 0 aliphatic carbocycles. The third-order valence-corrected chi connectivity index (χ3v) is 7.98. The Bertz CT molecular complexity index is 1350. The molecule has 2 atom stereocenters. The minimum atomic E-state index is 0.526. The minimum Gasteiger partial charge on any atom is -0.348 e. The van der Waals surface area contributed by atoms with Crippen LogP contribution in [-0.4, -0.2) is 44.9 Å². The van der Waals surface area contributed by atoms with Gasteiger partial charge in [-0.15, -0.1) is 0 Å². The van der Waals surface area contributed by atoms with Gasteiger partial charge in [0, 0.05) is 49.4 Å². The van der Waals surface area contributed by atoms with Gasteiger partial charge in [-0.25, -0.2) is 9.97 Å². The van der Waals surface area contributed by atoms with Crippen molar-refractivity contribution in [1.29, 1.82) is 5.26 Å². The molecule has 0 amide bonds. The number of rotatable bonds is 3. The van der Waals surface area contributed by atoms with Crippen LogP contribution in [-0.2, 0) is 7.05 Å². The molecule has 1 aromatic carbocycles. The molecule has 32 heavy (non-hydrogen) atoms. The van der Waals surface area contributed by atoms with E-state index in [1.807, 2.05) is 31.4 Å².